The maximum atomic E-state index is 11.8. The molecule has 3 unspecified atom stereocenters. The Morgan fingerprint density at radius 1 is 1.38 bits per heavy atom. The van der Waals surface area contributed by atoms with Crippen molar-refractivity contribution in [3.63, 3.8) is 0 Å². The first-order chi connectivity index (χ1) is 9.82. The fourth-order valence-electron chi connectivity index (χ4n) is 3.24. The van der Waals surface area contributed by atoms with Crippen LogP contribution in [0.3, 0.4) is 0 Å². The van der Waals surface area contributed by atoms with Gasteiger partial charge >= 0.3 is 0 Å². The fourth-order valence-corrected chi connectivity index (χ4v) is 4.78. The second kappa shape index (κ2) is 6.65. The van der Waals surface area contributed by atoms with Gasteiger partial charge in [-0.2, -0.15) is 0 Å². The molecular formula is C15H23ClN2O2S. The highest BCUT2D eigenvalue weighted by Crippen LogP contribution is 2.38. The van der Waals surface area contributed by atoms with Crippen molar-refractivity contribution in [2.24, 2.45) is 11.8 Å². The minimum atomic E-state index is -3.00. The molecule has 3 atom stereocenters. The van der Waals surface area contributed by atoms with Crippen molar-refractivity contribution in [2.45, 2.75) is 43.9 Å². The number of nitrogens with two attached hydrogens (primary N) is 1. The van der Waals surface area contributed by atoms with Crippen LogP contribution in [0.2, 0.25) is 5.02 Å². The van der Waals surface area contributed by atoms with Crippen molar-refractivity contribution in [1.82, 2.24) is 5.43 Å². The summed E-state index contributed by atoms with van der Waals surface area (Å²) in [5, 5.41) is 0.413. The molecule has 0 spiro atoms. The molecule has 0 aliphatic heterocycles. The van der Waals surface area contributed by atoms with E-state index < -0.39 is 9.84 Å². The molecule has 2 rings (SSSR count). The van der Waals surface area contributed by atoms with E-state index in [1.165, 1.54) is 6.26 Å². The topological polar surface area (TPSA) is 72.2 Å². The van der Waals surface area contributed by atoms with Gasteiger partial charge in [-0.3, -0.25) is 11.3 Å². The van der Waals surface area contributed by atoms with Gasteiger partial charge in [0.2, 0.25) is 0 Å². The first-order valence-corrected chi connectivity index (χ1v) is 9.57. The first-order valence-electron chi connectivity index (χ1n) is 7.24. The highest BCUT2D eigenvalue weighted by atomic mass is 35.5. The van der Waals surface area contributed by atoms with E-state index in [-0.39, 0.29) is 17.2 Å². The minimum absolute atomic E-state index is 0.109. The summed E-state index contributed by atoms with van der Waals surface area (Å²) in [6, 6.07) is 5.79. The number of nitrogens with one attached hydrogen (secondary N) is 1. The second-order valence-corrected chi connectivity index (χ2v) is 8.78. The first kappa shape index (κ1) is 16.7. The lowest BCUT2D eigenvalue weighted by molar-refractivity contribution is 0.274. The Morgan fingerprint density at radius 3 is 2.67 bits per heavy atom. The van der Waals surface area contributed by atoms with Gasteiger partial charge in [0.1, 0.15) is 9.84 Å². The van der Waals surface area contributed by atoms with Crippen LogP contribution in [0, 0.1) is 12.8 Å². The van der Waals surface area contributed by atoms with Gasteiger partial charge in [0.15, 0.2) is 0 Å². The maximum Gasteiger partial charge on any atom is 0.150 e. The van der Waals surface area contributed by atoms with Gasteiger partial charge in [-0.05, 0) is 49.3 Å². The van der Waals surface area contributed by atoms with Crippen LogP contribution < -0.4 is 11.3 Å². The summed E-state index contributed by atoms with van der Waals surface area (Å²) in [6.07, 6.45) is 4.57. The van der Waals surface area contributed by atoms with Crippen LogP contribution in [-0.2, 0) is 9.84 Å². The molecule has 0 heterocycles. The third kappa shape index (κ3) is 3.97. The molecule has 3 N–H and O–H groups in total. The fraction of sp³-hybridized carbons (Fsp3) is 0.600. The van der Waals surface area contributed by atoms with E-state index in [9.17, 15) is 8.42 Å². The van der Waals surface area contributed by atoms with Crippen molar-refractivity contribution >= 4 is 21.4 Å². The quantitative estimate of drug-likeness (QED) is 0.657. The Balaban J connectivity index is 2.24. The van der Waals surface area contributed by atoms with Crippen molar-refractivity contribution in [3.8, 4) is 0 Å². The predicted molar refractivity (Wildman–Crippen MR) is 86.8 cm³/mol. The molecule has 21 heavy (non-hydrogen) atoms. The number of benzene rings is 1. The molecule has 6 heteroatoms. The van der Waals surface area contributed by atoms with Crippen molar-refractivity contribution in [1.29, 1.82) is 0 Å². The van der Waals surface area contributed by atoms with Crippen LogP contribution in [-0.4, -0.2) is 19.9 Å². The van der Waals surface area contributed by atoms with Crippen molar-refractivity contribution < 1.29 is 8.42 Å². The number of hydrogen-bond acceptors (Lipinski definition) is 4. The van der Waals surface area contributed by atoms with Crippen LogP contribution >= 0.6 is 11.6 Å². The van der Waals surface area contributed by atoms with Crippen molar-refractivity contribution in [2.75, 3.05) is 6.26 Å². The number of hydrogen-bond donors (Lipinski definition) is 2. The molecule has 0 saturated heterocycles. The second-order valence-electron chi connectivity index (χ2n) is 6.05. The number of rotatable bonds is 4. The minimum Gasteiger partial charge on any atom is -0.271 e. The van der Waals surface area contributed by atoms with Crippen LogP contribution in [0.4, 0.5) is 0 Å². The summed E-state index contributed by atoms with van der Waals surface area (Å²) >= 11 is 6.33. The number of aryl methyl sites for hydroxylation is 1. The summed E-state index contributed by atoms with van der Waals surface area (Å²) < 4.78 is 23.6. The van der Waals surface area contributed by atoms with E-state index in [1.54, 1.807) is 0 Å². The lowest BCUT2D eigenvalue weighted by Gasteiger charge is -2.34. The molecule has 1 aliphatic rings. The molecule has 0 radical (unpaired) electrons. The summed E-state index contributed by atoms with van der Waals surface area (Å²) in [5.74, 6) is 5.92. The van der Waals surface area contributed by atoms with Gasteiger partial charge in [0.05, 0.1) is 11.3 Å². The molecule has 0 amide bonds. The van der Waals surface area contributed by atoms with Crippen molar-refractivity contribution in [3.05, 3.63) is 34.3 Å². The number of sulfone groups is 1. The third-order valence-corrected chi connectivity index (χ3v) is 6.38. The molecule has 0 aromatic heterocycles. The molecular weight excluding hydrogens is 308 g/mol. The highest BCUT2D eigenvalue weighted by molar-refractivity contribution is 7.91. The molecule has 1 saturated carbocycles. The van der Waals surface area contributed by atoms with Gasteiger partial charge < -0.3 is 0 Å². The smallest absolute Gasteiger partial charge is 0.150 e. The average Bonchev–Trinajstić information content (AvgIpc) is 2.41. The molecule has 4 nitrogen and oxygen atoms in total. The lowest BCUT2D eigenvalue weighted by atomic mass is 9.81. The zero-order valence-electron chi connectivity index (χ0n) is 12.5. The zero-order valence-corrected chi connectivity index (χ0v) is 14.0. The monoisotopic (exact) mass is 330 g/mol. The Morgan fingerprint density at radius 2 is 2.10 bits per heavy atom. The maximum absolute atomic E-state index is 11.8. The number of hydrazine groups is 1. The van der Waals surface area contributed by atoms with E-state index in [2.05, 4.69) is 5.43 Å². The standard InChI is InChI=1S/C15H23ClN2O2S/c1-10-6-7-13(14(16)8-10)15(18-17)11-4-3-5-12(9-11)21(2,19)20/h6-8,11-12,15,18H,3-5,9,17H2,1-2H3. The summed E-state index contributed by atoms with van der Waals surface area (Å²) in [6.45, 7) is 1.99. The zero-order chi connectivity index (χ0) is 15.6. The molecule has 1 aromatic rings. The van der Waals surface area contributed by atoms with Crippen LogP contribution in [0.5, 0.6) is 0 Å². The summed E-state index contributed by atoms with van der Waals surface area (Å²) in [5.41, 5.74) is 4.88. The Hall–Kier alpha value is -0.620. The summed E-state index contributed by atoms with van der Waals surface area (Å²) in [4.78, 5) is 0. The predicted octanol–water partition coefficient (Wildman–Crippen LogP) is 2.76. The highest BCUT2D eigenvalue weighted by Gasteiger charge is 2.34. The number of halogens is 1. The Kier molecular flexibility index (Phi) is 5.30. The van der Waals surface area contributed by atoms with E-state index >= 15 is 0 Å². The van der Waals surface area contributed by atoms with E-state index in [0.717, 1.165) is 30.4 Å². The molecule has 0 bridgehead atoms. The lowest BCUT2D eigenvalue weighted by Crippen LogP contribution is -2.38. The van der Waals surface area contributed by atoms with E-state index in [0.29, 0.717) is 11.4 Å². The van der Waals surface area contributed by atoms with Crippen LogP contribution in [0.25, 0.3) is 0 Å². The molecule has 1 fully saturated rings. The Bertz CT molecular complexity index is 604. The molecule has 118 valence electrons. The summed E-state index contributed by atoms with van der Waals surface area (Å²) in [7, 11) is -3.00. The average molecular weight is 331 g/mol. The molecule has 1 aromatic carbocycles. The van der Waals surface area contributed by atoms with Gasteiger partial charge in [0, 0.05) is 11.3 Å². The largest absolute Gasteiger partial charge is 0.271 e. The third-order valence-electron chi connectivity index (χ3n) is 4.41. The van der Waals surface area contributed by atoms with Gasteiger partial charge in [-0.25, -0.2) is 8.42 Å². The normalized spacial score (nSPS) is 24.8. The molecule has 1 aliphatic carbocycles. The van der Waals surface area contributed by atoms with Crippen LogP contribution in [0.1, 0.15) is 42.9 Å². The van der Waals surface area contributed by atoms with Crippen LogP contribution in [0.15, 0.2) is 18.2 Å². The van der Waals surface area contributed by atoms with E-state index in [1.807, 2.05) is 25.1 Å². The van der Waals surface area contributed by atoms with Gasteiger partial charge in [0.25, 0.3) is 0 Å². The SMILES string of the molecule is Cc1ccc(C(NN)C2CCCC(S(C)(=O)=O)C2)c(Cl)c1. The van der Waals surface area contributed by atoms with Gasteiger partial charge in [-0.1, -0.05) is 30.2 Å². The van der Waals surface area contributed by atoms with Gasteiger partial charge in [-0.15, -0.1) is 0 Å². The Labute approximate surface area is 131 Å². The van der Waals surface area contributed by atoms with E-state index in [4.69, 9.17) is 17.4 Å².